The number of carboxylic acid groups (broad SMARTS) is 1. The minimum Gasteiger partial charge on any atom is -0.496 e. The van der Waals surface area contributed by atoms with Crippen molar-refractivity contribution in [2.75, 3.05) is 28.4 Å². The van der Waals surface area contributed by atoms with Crippen molar-refractivity contribution in [2.24, 2.45) is 0 Å². The van der Waals surface area contributed by atoms with Crippen LogP contribution in [0.3, 0.4) is 0 Å². The molecule has 1 aliphatic rings. The summed E-state index contributed by atoms with van der Waals surface area (Å²) in [6.45, 7) is 0. The van der Waals surface area contributed by atoms with Gasteiger partial charge in [0.05, 0.1) is 31.8 Å². The number of amides is 1. The number of hydrogen-bond acceptors (Lipinski definition) is 5. The smallest absolute Gasteiger partial charge is 0.313 e. The number of hydrogen-bond donors (Lipinski definition) is 1. The van der Waals surface area contributed by atoms with E-state index in [1.54, 1.807) is 38.4 Å². The van der Waals surface area contributed by atoms with Crippen LogP contribution in [-0.4, -0.2) is 50.3 Å². The predicted octanol–water partition coefficient (Wildman–Crippen LogP) is 3.47. The van der Waals surface area contributed by atoms with Crippen LogP contribution >= 0.6 is 15.9 Å². The summed E-state index contributed by atoms with van der Waals surface area (Å²) in [7, 11) is 6.08. The normalized spacial score (nSPS) is 18.5. The van der Waals surface area contributed by atoms with E-state index >= 15 is 0 Å². The highest BCUT2D eigenvalue weighted by atomic mass is 79.9. The molecule has 28 heavy (non-hydrogen) atoms. The van der Waals surface area contributed by atoms with Crippen molar-refractivity contribution < 1.29 is 28.9 Å². The average molecular weight is 450 g/mol. The molecule has 0 bridgehead atoms. The third-order valence-corrected chi connectivity index (χ3v) is 5.58. The second-order valence-electron chi connectivity index (χ2n) is 6.37. The molecule has 0 unspecified atom stereocenters. The molecule has 0 saturated carbocycles. The van der Waals surface area contributed by atoms with E-state index in [2.05, 4.69) is 15.9 Å². The summed E-state index contributed by atoms with van der Waals surface area (Å²) in [4.78, 5) is 26.8. The molecule has 148 valence electrons. The van der Waals surface area contributed by atoms with Gasteiger partial charge in [0.25, 0.3) is 5.91 Å². The highest BCUT2D eigenvalue weighted by molar-refractivity contribution is 9.10. The van der Waals surface area contributed by atoms with Gasteiger partial charge in [-0.15, -0.1) is 0 Å². The van der Waals surface area contributed by atoms with Crippen molar-refractivity contribution in [1.82, 2.24) is 4.90 Å². The van der Waals surface area contributed by atoms with E-state index in [0.29, 0.717) is 32.8 Å². The monoisotopic (exact) mass is 449 g/mol. The number of ether oxygens (including phenoxy) is 3. The Morgan fingerprint density at radius 3 is 2.18 bits per heavy atom. The van der Waals surface area contributed by atoms with Crippen LogP contribution in [-0.2, 0) is 4.79 Å². The van der Waals surface area contributed by atoms with Crippen LogP contribution in [0.2, 0.25) is 0 Å². The molecule has 7 nitrogen and oxygen atoms in total. The number of aliphatic carboxylic acids is 1. The SMILES string of the molecule is COc1ccc([C@H]2[C@@H](C(=O)O)c3cc(OC)c(OC)cc3C(=O)N2C)cc1Br. The fourth-order valence-electron chi connectivity index (χ4n) is 3.60. The van der Waals surface area contributed by atoms with Crippen molar-refractivity contribution in [3.05, 3.63) is 51.5 Å². The first-order valence-corrected chi connectivity index (χ1v) is 9.22. The minimum atomic E-state index is -1.04. The van der Waals surface area contributed by atoms with Gasteiger partial charge in [0.1, 0.15) is 11.7 Å². The lowest BCUT2D eigenvalue weighted by Crippen LogP contribution is -2.42. The first kappa shape index (κ1) is 20.0. The van der Waals surface area contributed by atoms with Gasteiger partial charge in [-0.2, -0.15) is 0 Å². The molecule has 3 rings (SSSR count). The topological polar surface area (TPSA) is 85.3 Å². The molecule has 1 N–H and O–H groups in total. The Bertz CT molecular complexity index is 945. The molecule has 0 saturated heterocycles. The maximum absolute atomic E-state index is 13.0. The van der Waals surface area contributed by atoms with E-state index in [4.69, 9.17) is 14.2 Å². The molecule has 1 amide bonds. The zero-order valence-electron chi connectivity index (χ0n) is 15.9. The first-order chi connectivity index (χ1) is 13.3. The number of rotatable bonds is 5. The molecule has 0 aromatic heterocycles. The molecular formula is C20H20BrNO6. The lowest BCUT2D eigenvalue weighted by atomic mass is 9.80. The number of carbonyl (C=O) groups excluding carboxylic acids is 1. The summed E-state index contributed by atoms with van der Waals surface area (Å²) in [5.41, 5.74) is 1.36. The van der Waals surface area contributed by atoms with Gasteiger partial charge in [-0.1, -0.05) is 6.07 Å². The highest BCUT2D eigenvalue weighted by Gasteiger charge is 2.43. The van der Waals surface area contributed by atoms with Gasteiger partial charge in [0, 0.05) is 12.6 Å². The maximum Gasteiger partial charge on any atom is 0.313 e. The quantitative estimate of drug-likeness (QED) is 0.751. The number of benzene rings is 2. The van der Waals surface area contributed by atoms with Crippen LogP contribution in [0.25, 0.3) is 0 Å². The minimum absolute atomic E-state index is 0.287. The Balaban J connectivity index is 2.22. The summed E-state index contributed by atoms with van der Waals surface area (Å²) in [6, 6.07) is 7.68. The molecule has 0 radical (unpaired) electrons. The third kappa shape index (κ3) is 3.17. The van der Waals surface area contributed by atoms with Crippen molar-refractivity contribution in [2.45, 2.75) is 12.0 Å². The predicted molar refractivity (Wildman–Crippen MR) is 105 cm³/mol. The van der Waals surface area contributed by atoms with Gasteiger partial charge in [0.2, 0.25) is 0 Å². The number of carbonyl (C=O) groups is 2. The van der Waals surface area contributed by atoms with Crippen LogP contribution in [0.4, 0.5) is 0 Å². The molecule has 0 fully saturated rings. The molecule has 2 aromatic carbocycles. The van der Waals surface area contributed by atoms with Gasteiger partial charge in [0.15, 0.2) is 11.5 Å². The summed E-state index contributed by atoms with van der Waals surface area (Å²) < 4.78 is 16.5. The lowest BCUT2D eigenvalue weighted by Gasteiger charge is -2.39. The van der Waals surface area contributed by atoms with Crippen LogP contribution in [0, 0.1) is 0 Å². The van der Waals surface area contributed by atoms with E-state index in [0.717, 1.165) is 0 Å². The second-order valence-corrected chi connectivity index (χ2v) is 7.22. The Morgan fingerprint density at radius 1 is 1.04 bits per heavy atom. The Kier molecular flexibility index (Phi) is 5.51. The standard InChI is InChI=1S/C20H20BrNO6/c1-22-18(10-5-6-14(26-2)13(21)7-10)17(20(24)25)11-8-15(27-3)16(28-4)9-12(11)19(22)23/h5-9,17-18H,1-4H3,(H,24,25)/t17-,18-/m0/s1. The van der Waals surface area contributed by atoms with Crippen molar-refractivity contribution in [3.63, 3.8) is 0 Å². The summed E-state index contributed by atoms with van der Waals surface area (Å²) >= 11 is 3.43. The molecule has 2 atom stereocenters. The number of methoxy groups -OCH3 is 3. The van der Waals surface area contributed by atoms with Gasteiger partial charge in [-0.25, -0.2) is 0 Å². The molecular weight excluding hydrogens is 430 g/mol. The fourth-order valence-corrected chi connectivity index (χ4v) is 4.16. The Labute approximate surface area is 170 Å². The Hall–Kier alpha value is -2.74. The van der Waals surface area contributed by atoms with Gasteiger partial charge >= 0.3 is 5.97 Å². The lowest BCUT2D eigenvalue weighted by molar-refractivity contribution is -0.140. The van der Waals surface area contributed by atoms with Gasteiger partial charge < -0.3 is 24.2 Å². The molecule has 1 aliphatic heterocycles. The van der Waals surface area contributed by atoms with Gasteiger partial charge in [-0.3, -0.25) is 9.59 Å². The fraction of sp³-hybridized carbons (Fsp3) is 0.300. The summed E-state index contributed by atoms with van der Waals surface area (Å²) in [6.07, 6.45) is 0. The first-order valence-electron chi connectivity index (χ1n) is 8.43. The third-order valence-electron chi connectivity index (χ3n) is 4.96. The highest BCUT2D eigenvalue weighted by Crippen LogP contribution is 2.46. The van der Waals surface area contributed by atoms with E-state index in [1.807, 2.05) is 0 Å². The molecule has 1 heterocycles. The largest absolute Gasteiger partial charge is 0.496 e. The summed E-state index contributed by atoms with van der Waals surface area (Å²) in [5.74, 6) is -0.933. The van der Waals surface area contributed by atoms with Crippen molar-refractivity contribution in [1.29, 1.82) is 0 Å². The van der Waals surface area contributed by atoms with Crippen LogP contribution in [0.15, 0.2) is 34.8 Å². The van der Waals surface area contributed by atoms with E-state index in [-0.39, 0.29) is 11.5 Å². The van der Waals surface area contributed by atoms with E-state index in [9.17, 15) is 14.7 Å². The molecule has 8 heteroatoms. The van der Waals surface area contributed by atoms with Gasteiger partial charge in [-0.05, 0) is 51.3 Å². The van der Waals surface area contributed by atoms with Crippen molar-refractivity contribution >= 4 is 27.8 Å². The zero-order chi connectivity index (χ0) is 20.6. The van der Waals surface area contributed by atoms with Crippen LogP contribution in [0.1, 0.15) is 33.4 Å². The molecule has 0 spiro atoms. The number of likely N-dealkylation sites (N-methyl/N-ethyl adjacent to an activating group) is 1. The molecule has 2 aromatic rings. The molecule has 0 aliphatic carbocycles. The Morgan fingerprint density at radius 2 is 1.64 bits per heavy atom. The van der Waals surface area contributed by atoms with E-state index < -0.39 is 17.9 Å². The van der Waals surface area contributed by atoms with Crippen molar-refractivity contribution in [3.8, 4) is 17.2 Å². The number of fused-ring (bicyclic) bond motifs is 1. The number of nitrogens with zero attached hydrogens (tertiary/aromatic N) is 1. The maximum atomic E-state index is 13.0. The number of halogens is 1. The van der Waals surface area contributed by atoms with E-state index in [1.165, 1.54) is 25.2 Å². The second kappa shape index (κ2) is 7.71. The summed E-state index contributed by atoms with van der Waals surface area (Å²) in [5, 5.41) is 10.0. The zero-order valence-corrected chi connectivity index (χ0v) is 17.4. The van der Waals surface area contributed by atoms with Crippen LogP contribution in [0.5, 0.6) is 17.2 Å². The number of carboxylic acids is 1. The van der Waals surface area contributed by atoms with Crippen LogP contribution < -0.4 is 14.2 Å². The average Bonchev–Trinajstić information content (AvgIpc) is 2.69.